The first-order valence-electron chi connectivity index (χ1n) is 6.97. The molecule has 0 saturated heterocycles. The summed E-state index contributed by atoms with van der Waals surface area (Å²) in [5.74, 6) is 0.723. The molecule has 5 heteroatoms. The molecule has 1 aliphatic carbocycles. The van der Waals surface area contributed by atoms with Crippen LogP contribution in [0.4, 0.5) is 0 Å². The zero-order chi connectivity index (χ0) is 14.4. The summed E-state index contributed by atoms with van der Waals surface area (Å²) in [6, 6.07) is 7.34. The van der Waals surface area contributed by atoms with E-state index in [4.69, 9.17) is 10.1 Å². The fourth-order valence-electron chi connectivity index (χ4n) is 2.67. The number of carbonyl (C=O) groups is 1. The van der Waals surface area contributed by atoms with E-state index in [1.54, 1.807) is 23.5 Å². The van der Waals surface area contributed by atoms with Crippen molar-refractivity contribution in [3.8, 4) is 0 Å². The van der Waals surface area contributed by atoms with E-state index in [1.807, 2.05) is 6.07 Å². The van der Waals surface area contributed by atoms with Crippen LogP contribution in [0.2, 0.25) is 0 Å². The first-order valence-corrected chi connectivity index (χ1v) is 7.91. The van der Waals surface area contributed by atoms with Crippen LogP contribution in [0.1, 0.15) is 40.5 Å². The number of carboxylic acids is 1. The maximum Gasteiger partial charge on any atom is 0.335 e. The predicted molar refractivity (Wildman–Crippen MR) is 82.1 cm³/mol. The zero-order valence-corrected chi connectivity index (χ0v) is 12.1. The topological polar surface area (TPSA) is 55.1 Å². The monoisotopic (exact) mass is 298 g/mol. The second kappa shape index (κ2) is 4.70. The van der Waals surface area contributed by atoms with E-state index in [1.165, 1.54) is 18.4 Å². The van der Waals surface area contributed by atoms with Crippen LogP contribution < -0.4 is 0 Å². The van der Waals surface area contributed by atoms with Gasteiger partial charge in [-0.15, -0.1) is 0 Å². The number of rotatable bonds is 4. The largest absolute Gasteiger partial charge is 0.478 e. The van der Waals surface area contributed by atoms with Crippen LogP contribution in [0, 0.1) is 0 Å². The first-order chi connectivity index (χ1) is 10.2. The number of carboxylic acid groups (broad SMARTS) is 1. The number of hydrogen-bond acceptors (Lipinski definition) is 3. The molecule has 0 amide bonds. The van der Waals surface area contributed by atoms with Crippen molar-refractivity contribution in [2.45, 2.75) is 25.3 Å². The minimum atomic E-state index is -0.905. The molecular weight excluding hydrogens is 284 g/mol. The van der Waals surface area contributed by atoms with Gasteiger partial charge in [-0.3, -0.25) is 0 Å². The average molecular weight is 298 g/mol. The highest BCUT2D eigenvalue weighted by molar-refractivity contribution is 7.07. The van der Waals surface area contributed by atoms with Gasteiger partial charge in [-0.1, -0.05) is 0 Å². The molecule has 1 fully saturated rings. The standard InChI is InChI=1S/C16H14N2O2S/c19-16(20)12-3-4-14-13(7-12)17-15(11-1-2-11)18(14)8-10-5-6-21-9-10/h3-7,9,11H,1-2,8H2,(H,19,20). The van der Waals surface area contributed by atoms with Gasteiger partial charge in [-0.05, 0) is 53.4 Å². The summed E-state index contributed by atoms with van der Waals surface area (Å²) in [5, 5.41) is 13.3. The fourth-order valence-corrected chi connectivity index (χ4v) is 3.33. The fraction of sp³-hybridized carbons (Fsp3) is 0.250. The lowest BCUT2D eigenvalue weighted by molar-refractivity contribution is 0.0697. The van der Waals surface area contributed by atoms with Crippen LogP contribution in [0.25, 0.3) is 11.0 Å². The highest BCUT2D eigenvalue weighted by Gasteiger charge is 2.29. The van der Waals surface area contributed by atoms with E-state index >= 15 is 0 Å². The Labute approximate surface area is 125 Å². The lowest BCUT2D eigenvalue weighted by Gasteiger charge is -2.07. The summed E-state index contributed by atoms with van der Waals surface area (Å²) >= 11 is 1.69. The normalized spacial score (nSPS) is 14.7. The molecule has 106 valence electrons. The van der Waals surface area contributed by atoms with Gasteiger partial charge in [-0.2, -0.15) is 11.3 Å². The summed E-state index contributed by atoms with van der Waals surface area (Å²) in [6.07, 6.45) is 2.36. The van der Waals surface area contributed by atoms with E-state index in [0.717, 1.165) is 23.4 Å². The molecule has 2 heterocycles. The predicted octanol–water partition coefficient (Wildman–Crippen LogP) is 3.72. The van der Waals surface area contributed by atoms with E-state index in [2.05, 4.69) is 21.4 Å². The van der Waals surface area contributed by atoms with Crippen molar-refractivity contribution in [2.75, 3.05) is 0 Å². The van der Waals surface area contributed by atoms with Crippen LogP contribution >= 0.6 is 11.3 Å². The molecule has 0 atom stereocenters. The highest BCUT2D eigenvalue weighted by atomic mass is 32.1. The summed E-state index contributed by atoms with van der Waals surface area (Å²) in [6.45, 7) is 0.804. The molecule has 0 unspecified atom stereocenters. The Morgan fingerprint density at radius 3 is 2.90 bits per heavy atom. The van der Waals surface area contributed by atoms with Crippen molar-refractivity contribution in [3.05, 3.63) is 52.0 Å². The quantitative estimate of drug-likeness (QED) is 0.798. The van der Waals surface area contributed by atoms with E-state index < -0.39 is 5.97 Å². The van der Waals surface area contributed by atoms with E-state index in [0.29, 0.717) is 11.5 Å². The van der Waals surface area contributed by atoms with Gasteiger partial charge in [0, 0.05) is 5.92 Å². The Balaban J connectivity index is 1.85. The Morgan fingerprint density at radius 1 is 1.38 bits per heavy atom. The van der Waals surface area contributed by atoms with Crippen LogP contribution in [0.3, 0.4) is 0 Å². The molecule has 2 aromatic heterocycles. The van der Waals surface area contributed by atoms with E-state index in [-0.39, 0.29) is 0 Å². The number of aromatic nitrogens is 2. The molecular formula is C16H14N2O2S. The third-order valence-corrected chi connectivity index (χ3v) is 4.62. The summed E-state index contributed by atoms with van der Waals surface area (Å²) < 4.78 is 2.24. The van der Waals surface area contributed by atoms with Gasteiger partial charge in [0.15, 0.2) is 0 Å². The SMILES string of the molecule is O=C(O)c1ccc2c(c1)nc(C1CC1)n2Cc1ccsc1. The van der Waals surface area contributed by atoms with Gasteiger partial charge in [-0.25, -0.2) is 9.78 Å². The molecule has 1 N–H and O–H groups in total. The van der Waals surface area contributed by atoms with Crippen LogP contribution in [-0.4, -0.2) is 20.6 Å². The number of benzene rings is 1. The van der Waals surface area contributed by atoms with Crippen molar-refractivity contribution in [2.24, 2.45) is 0 Å². The molecule has 1 aliphatic rings. The zero-order valence-electron chi connectivity index (χ0n) is 11.3. The Morgan fingerprint density at radius 2 is 2.24 bits per heavy atom. The molecule has 0 bridgehead atoms. The van der Waals surface area contributed by atoms with Crippen molar-refractivity contribution in [1.29, 1.82) is 0 Å². The van der Waals surface area contributed by atoms with Gasteiger partial charge >= 0.3 is 5.97 Å². The lowest BCUT2D eigenvalue weighted by Crippen LogP contribution is -2.03. The second-order valence-corrected chi connectivity index (χ2v) is 6.25. The van der Waals surface area contributed by atoms with Gasteiger partial charge in [0.05, 0.1) is 23.1 Å². The summed E-state index contributed by atoms with van der Waals surface area (Å²) in [4.78, 5) is 15.8. The number of fused-ring (bicyclic) bond motifs is 1. The molecule has 3 aromatic rings. The molecule has 0 spiro atoms. The molecule has 1 saturated carbocycles. The maximum atomic E-state index is 11.1. The molecule has 1 aromatic carbocycles. The Bertz CT molecular complexity index is 816. The number of hydrogen-bond donors (Lipinski definition) is 1. The van der Waals surface area contributed by atoms with E-state index in [9.17, 15) is 4.79 Å². The van der Waals surface area contributed by atoms with Gasteiger partial charge in [0.25, 0.3) is 0 Å². The molecule has 4 rings (SSSR count). The average Bonchev–Trinajstić information content (AvgIpc) is 3.07. The number of imidazole rings is 1. The van der Waals surface area contributed by atoms with Crippen LogP contribution in [0.15, 0.2) is 35.0 Å². The minimum Gasteiger partial charge on any atom is -0.478 e. The molecule has 0 aliphatic heterocycles. The summed E-state index contributed by atoms with van der Waals surface area (Å²) in [7, 11) is 0. The van der Waals surface area contributed by atoms with Gasteiger partial charge in [0.1, 0.15) is 5.82 Å². The van der Waals surface area contributed by atoms with Crippen LogP contribution in [0.5, 0.6) is 0 Å². The maximum absolute atomic E-state index is 11.1. The Kier molecular flexibility index (Phi) is 2.82. The van der Waals surface area contributed by atoms with Crippen molar-refractivity contribution in [3.63, 3.8) is 0 Å². The number of thiophene rings is 1. The van der Waals surface area contributed by atoms with Crippen molar-refractivity contribution in [1.82, 2.24) is 9.55 Å². The smallest absolute Gasteiger partial charge is 0.335 e. The van der Waals surface area contributed by atoms with Crippen LogP contribution in [-0.2, 0) is 6.54 Å². The molecule has 21 heavy (non-hydrogen) atoms. The van der Waals surface area contributed by atoms with Gasteiger partial charge < -0.3 is 9.67 Å². The van der Waals surface area contributed by atoms with Crippen molar-refractivity contribution >= 4 is 28.3 Å². The molecule has 0 radical (unpaired) electrons. The first kappa shape index (κ1) is 12.6. The Hall–Kier alpha value is -2.14. The number of aromatic carboxylic acids is 1. The molecule has 4 nitrogen and oxygen atoms in total. The van der Waals surface area contributed by atoms with Crippen molar-refractivity contribution < 1.29 is 9.90 Å². The third kappa shape index (κ3) is 2.23. The highest BCUT2D eigenvalue weighted by Crippen LogP contribution is 2.41. The summed E-state index contributed by atoms with van der Waals surface area (Å²) in [5.41, 5.74) is 3.37. The second-order valence-electron chi connectivity index (χ2n) is 5.47. The minimum absolute atomic E-state index is 0.296. The van der Waals surface area contributed by atoms with Gasteiger partial charge in [0.2, 0.25) is 0 Å². The lowest BCUT2D eigenvalue weighted by atomic mass is 10.2. The number of nitrogens with zero attached hydrogens (tertiary/aromatic N) is 2. The third-order valence-electron chi connectivity index (χ3n) is 3.89.